The largest absolute Gasteiger partial charge is 0.381 e. The van der Waals surface area contributed by atoms with Gasteiger partial charge in [0.15, 0.2) is 5.78 Å². The Balaban J connectivity index is 1.95. The van der Waals surface area contributed by atoms with E-state index in [1.807, 2.05) is 6.20 Å². The normalized spacial score (nSPS) is 16.2. The summed E-state index contributed by atoms with van der Waals surface area (Å²) in [4.78, 5) is 25.0. The van der Waals surface area contributed by atoms with Gasteiger partial charge in [0.25, 0.3) is 0 Å². The number of nitrogens with zero attached hydrogens (tertiary/aromatic N) is 4. The minimum atomic E-state index is -0.0907. The van der Waals surface area contributed by atoms with Crippen molar-refractivity contribution in [2.75, 3.05) is 13.2 Å². The predicted octanol–water partition coefficient (Wildman–Crippen LogP) is 3.27. The lowest BCUT2D eigenvalue weighted by Crippen LogP contribution is -2.24. The van der Waals surface area contributed by atoms with E-state index in [1.165, 1.54) is 13.1 Å². The molecule has 25 heavy (non-hydrogen) atoms. The summed E-state index contributed by atoms with van der Waals surface area (Å²) in [7, 11) is 0. The second kappa shape index (κ2) is 7.04. The maximum Gasteiger partial charge on any atom is 0.179 e. The van der Waals surface area contributed by atoms with Gasteiger partial charge in [-0.05, 0) is 18.8 Å². The van der Waals surface area contributed by atoms with E-state index in [0.717, 1.165) is 44.1 Å². The molecule has 1 aliphatic heterocycles. The molecule has 1 fully saturated rings. The smallest absolute Gasteiger partial charge is 0.179 e. The van der Waals surface area contributed by atoms with Crippen molar-refractivity contribution < 1.29 is 9.53 Å². The lowest BCUT2D eigenvalue weighted by molar-refractivity contribution is 0.0607. The Kier molecular flexibility index (Phi) is 4.99. The molecule has 0 atom stereocenters. The van der Waals surface area contributed by atoms with E-state index in [1.54, 1.807) is 6.20 Å². The third kappa shape index (κ3) is 4.12. The number of ether oxygens (including phenoxy) is 1. The van der Waals surface area contributed by atoms with Crippen molar-refractivity contribution >= 4 is 5.78 Å². The van der Waals surface area contributed by atoms with Crippen molar-refractivity contribution in [1.82, 2.24) is 19.5 Å². The molecule has 0 aromatic carbocycles. The van der Waals surface area contributed by atoms with Crippen LogP contribution in [0.5, 0.6) is 0 Å². The van der Waals surface area contributed by atoms with Gasteiger partial charge in [0.05, 0.1) is 12.4 Å². The van der Waals surface area contributed by atoms with Gasteiger partial charge >= 0.3 is 0 Å². The number of hydrogen-bond donors (Lipinski definition) is 0. The number of imidazole rings is 1. The molecule has 134 valence electrons. The predicted molar refractivity (Wildman–Crippen MR) is 95.5 cm³/mol. The Bertz CT molecular complexity index is 755. The molecule has 0 spiro atoms. The highest BCUT2D eigenvalue weighted by atomic mass is 16.5. The molecule has 0 radical (unpaired) electrons. The van der Waals surface area contributed by atoms with Crippen LogP contribution < -0.4 is 0 Å². The molecule has 0 N–H and O–H groups in total. The topological polar surface area (TPSA) is 69.9 Å². The third-order valence-corrected chi connectivity index (χ3v) is 4.50. The van der Waals surface area contributed by atoms with Gasteiger partial charge in [-0.3, -0.25) is 9.78 Å². The molecule has 2 aromatic rings. The van der Waals surface area contributed by atoms with E-state index in [0.29, 0.717) is 17.3 Å². The molecule has 0 amide bonds. The minimum Gasteiger partial charge on any atom is -0.381 e. The minimum absolute atomic E-state index is 0.0744. The standard InChI is InChI=1S/C19H26N4O2/c1-13(24)15-9-20-10-16(21-15)17-12-23(18(22-17)19(2,3)4)11-14-5-7-25-8-6-14/h9-10,12,14H,5-8,11H2,1-4H3. The monoisotopic (exact) mass is 342 g/mol. The Morgan fingerprint density at radius 1 is 1.20 bits per heavy atom. The Morgan fingerprint density at radius 3 is 2.56 bits per heavy atom. The maximum atomic E-state index is 11.6. The van der Waals surface area contributed by atoms with Gasteiger partial charge in [-0.1, -0.05) is 20.8 Å². The molecule has 1 saturated heterocycles. The van der Waals surface area contributed by atoms with Crippen LogP contribution in [0.1, 0.15) is 56.8 Å². The maximum absolute atomic E-state index is 11.6. The third-order valence-electron chi connectivity index (χ3n) is 4.50. The SMILES string of the molecule is CC(=O)c1cncc(-c2cn(CC3CCOCC3)c(C(C)(C)C)n2)n1. The highest BCUT2D eigenvalue weighted by Gasteiger charge is 2.25. The molecule has 6 nitrogen and oxygen atoms in total. The average molecular weight is 342 g/mol. The number of Topliss-reactive ketones (excluding diaryl/α,β-unsaturated/α-hetero) is 1. The van der Waals surface area contributed by atoms with Crippen molar-refractivity contribution in [3.63, 3.8) is 0 Å². The summed E-state index contributed by atoms with van der Waals surface area (Å²) in [6.07, 6.45) is 7.37. The van der Waals surface area contributed by atoms with Gasteiger partial charge < -0.3 is 9.30 Å². The van der Waals surface area contributed by atoms with Crippen LogP contribution in [0.25, 0.3) is 11.4 Å². The van der Waals surface area contributed by atoms with E-state index in [4.69, 9.17) is 9.72 Å². The van der Waals surface area contributed by atoms with Crippen LogP contribution in [-0.2, 0) is 16.7 Å². The Hall–Kier alpha value is -2.08. The van der Waals surface area contributed by atoms with Gasteiger partial charge in [-0.15, -0.1) is 0 Å². The molecule has 0 unspecified atom stereocenters. The number of aromatic nitrogens is 4. The van der Waals surface area contributed by atoms with Crippen molar-refractivity contribution in [3.8, 4) is 11.4 Å². The zero-order valence-electron chi connectivity index (χ0n) is 15.5. The lowest BCUT2D eigenvalue weighted by Gasteiger charge is -2.25. The summed E-state index contributed by atoms with van der Waals surface area (Å²) >= 11 is 0. The number of carbonyl (C=O) groups excluding carboxylic acids is 1. The molecule has 2 aromatic heterocycles. The van der Waals surface area contributed by atoms with Gasteiger partial charge in [-0.2, -0.15) is 0 Å². The first-order chi connectivity index (χ1) is 11.8. The number of carbonyl (C=O) groups is 1. The molecule has 1 aliphatic rings. The van der Waals surface area contributed by atoms with E-state index in [2.05, 4.69) is 35.3 Å². The molecular weight excluding hydrogens is 316 g/mol. The van der Waals surface area contributed by atoms with Gasteiger partial charge in [0, 0.05) is 38.3 Å². The highest BCUT2D eigenvalue weighted by Crippen LogP contribution is 2.28. The first kappa shape index (κ1) is 17.7. The molecule has 3 rings (SSSR count). The van der Waals surface area contributed by atoms with Crippen LogP contribution in [0, 0.1) is 5.92 Å². The molecular formula is C19H26N4O2. The van der Waals surface area contributed by atoms with Crippen molar-refractivity contribution in [2.45, 2.75) is 52.5 Å². The molecule has 3 heterocycles. The van der Waals surface area contributed by atoms with Gasteiger partial charge in [0.2, 0.25) is 0 Å². The van der Waals surface area contributed by atoms with Crippen LogP contribution in [0.15, 0.2) is 18.6 Å². The fourth-order valence-corrected chi connectivity index (χ4v) is 3.14. The fourth-order valence-electron chi connectivity index (χ4n) is 3.14. The van der Waals surface area contributed by atoms with Crippen LogP contribution in [-0.4, -0.2) is 38.5 Å². The molecule has 0 aliphatic carbocycles. The number of ketones is 1. The summed E-state index contributed by atoms with van der Waals surface area (Å²) in [6, 6.07) is 0. The van der Waals surface area contributed by atoms with E-state index in [-0.39, 0.29) is 11.2 Å². The second-order valence-corrected chi connectivity index (χ2v) is 7.75. The van der Waals surface area contributed by atoms with E-state index in [9.17, 15) is 4.79 Å². The van der Waals surface area contributed by atoms with E-state index >= 15 is 0 Å². The molecule has 6 heteroatoms. The first-order valence-electron chi connectivity index (χ1n) is 8.83. The zero-order chi connectivity index (χ0) is 18.0. The first-order valence-corrected chi connectivity index (χ1v) is 8.83. The summed E-state index contributed by atoms with van der Waals surface area (Å²) in [5, 5.41) is 0. The second-order valence-electron chi connectivity index (χ2n) is 7.75. The lowest BCUT2D eigenvalue weighted by atomic mass is 9.94. The van der Waals surface area contributed by atoms with Crippen molar-refractivity contribution in [2.24, 2.45) is 5.92 Å². The Labute approximate surface area is 148 Å². The molecule has 0 saturated carbocycles. The molecule has 0 bridgehead atoms. The van der Waals surface area contributed by atoms with Crippen LogP contribution in [0.2, 0.25) is 0 Å². The van der Waals surface area contributed by atoms with E-state index < -0.39 is 0 Å². The summed E-state index contributed by atoms with van der Waals surface area (Å²) in [6.45, 7) is 10.6. The average Bonchev–Trinajstić information content (AvgIpc) is 3.00. The van der Waals surface area contributed by atoms with Crippen molar-refractivity contribution in [3.05, 3.63) is 30.1 Å². The summed E-state index contributed by atoms with van der Waals surface area (Å²) in [5.74, 6) is 1.54. The highest BCUT2D eigenvalue weighted by molar-refractivity contribution is 5.92. The fraction of sp³-hybridized carbons (Fsp3) is 0.579. The zero-order valence-corrected chi connectivity index (χ0v) is 15.5. The number of rotatable bonds is 4. The quantitative estimate of drug-likeness (QED) is 0.798. The summed E-state index contributed by atoms with van der Waals surface area (Å²) in [5.41, 5.74) is 1.71. The van der Waals surface area contributed by atoms with Crippen LogP contribution in [0.3, 0.4) is 0 Å². The van der Waals surface area contributed by atoms with Gasteiger partial charge in [0.1, 0.15) is 22.9 Å². The Morgan fingerprint density at radius 2 is 1.92 bits per heavy atom. The van der Waals surface area contributed by atoms with Crippen LogP contribution in [0.4, 0.5) is 0 Å². The summed E-state index contributed by atoms with van der Waals surface area (Å²) < 4.78 is 7.71. The number of hydrogen-bond acceptors (Lipinski definition) is 5. The van der Waals surface area contributed by atoms with Gasteiger partial charge in [-0.25, -0.2) is 9.97 Å². The van der Waals surface area contributed by atoms with Crippen LogP contribution >= 0.6 is 0 Å². The van der Waals surface area contributed by atoms with Crippen molar-refractivity contribution in [1.29, 1.82) is 0 Å².